The van der Waals surface area contributed by atoms with E-state index in [-0.39, 0.29) is 19.3 Å². The van der Waals surface area contributed by atoms with Crippen LogP contribution in [-0.2, 0) is 0 Å². The molecule has 0 amide bonds. The average Bonchev–Trinajstić information content (AvgIpc) is 2.09. The average molecular weight is 185 g/mol. The standard InChI is InChI=1S/C9H15NO3/c1-6-9(2,13)8(5-12)7(4-11)3-10-6/h3,6,11-13H,4-5H2,1-2H3. The Bertz CT molecular complexity index is 256. The molecule has 0 aromatic heterocycles. The highest BCUT2D eigenvalue weighted by atomic mass is 16.3. The highest BCUT2D eigenvalue weighted by Crippen LogP contribution is 2.28. The molecule has 4 heteroatoms. The molecule has 2 atom stereocenters. The van der Waals surface area contributed by atoms with Gasteiger partial charge in [-0.2, -0.15) is 0 Å². The summed E-state index contributed by atoms with van der Waals surface area (Å²) >= 11 is 0. The van der Waals surface area contributed by atoms with Crippen LogP contribution in [0.25, 0.3) is 0 Å². The minimum Gasteiger partial charge on any atom is -0.392 e. The van der Waals surface area contributed by atoms with Crippen molar-refractivity contribution in [1.29, 1.82) is 0 Å². The van der Waals surface area contributed by atoms with E-state index in [4.69, 9.17) is 10.2 Å². The summed E-state index contributed by atoms with van der Waals surface area (Å²) in [7, 11) is 0. The van der Waals surface area contributed by atoms with E-state index in [2.05, 4.69) is 4.99 Å². The van der Waals surface area contributed by atoms with Crippen molar-refractivity contribution in [2.75, 3.05) is 13.2 Å². The number of hydrogen-bond acceptors (Lipinski definition) is 4. The lowest BCUT2D eigenvalue weighted by atomic mass is 9.84. The number of aliphatic hydroxyl groups excluding tert-OH is 2. The number of nitrogens with zero attached hydrogens (tertiary/aromatic N) is 1. The van der Waals surface area contributed by atoms with E-state index in [1.807, 2.05) is 0 Å². The lowest BCUT2D eigenvalue weighted by Crippen LogP contribution is -2.43. The first-order valence-corrected chi connectivity index (χ1v) is 4.23. The largest absolute Gasteiger partial charge is 0.392 e. The number of aliphatic hydroxyl groups is 3. The van der Waals surface area contributed by atoms with Gasteiger partial charge in [0.1, 0.15) is 5.60 Å². The first kappa shape index (κ1) is 10.4. The summed E-state index contributed by atoms with van der Waals surface area (Å²) in [4.78, 5) is 4.03. The van der Waals surface area contributed by atoms with Gasteiger partial charge in [-0.25, -0.2) is 0 Å². The second-order valence-electron chi connectivity index (χ2n) is 3.42. The predicted molar refractivity (Wildman–Crippen MR) is 49.8 cm³/mol. The van der Waals surface area contributed by atoms with Crippen LogP contribution in [0.1, 0.15) is 13.8 Å². The number of rotatable bonds is 2. The van der Waals surface area contributed by atoms with Gasteiger partial charge in [0.05, 0.1) is 19.3 Å². The summed E-state index contributed by atoms with van der Waals surface area (Å²) in [5.41, 5.74) is -0.190. The van der Waals surface area contributed by atoms with Gasteiger partial charge in [-0.3, -0.25) is 4.99 Å². The normalized spacial score (nSPS) is 34.1. The van der Waals surface area contributed by atoms with Gasteiger partial charge in [0.15, 0.2) is 0 Å². The van der Waals surface area contributed by atoms with Crippen molar-refractivity contribution < 1.29 is 15.3 Å². The molecule has 1 heterocycles. The highest BCUT2D eigenvalue weighted by molar-refractivity contribution is 5.82. The summed E-state index contributed by atoms with van der Waals surface area (Å²) in [6.45, 7) is 2.90. The molecule has 1 aliphatic heterocycles. The summed E-state index contributed by atoms with van der Waals surface area (Å²) < 4.78 is 0. The molecule has 0 saturated carbocycles. The third-order valence-corrected chi connectivity index (χ3v) is 2.59. The molecular weight excluding hydrogens is 170 g/mol. The molecule has 0 fully saturated rings. The number of dihydropyridines is 1. The molecule has 0 bridgehead atoms. The third-order valence-electron chi connectivity index (χ3n) is 2.59. The van der Waals surface area contributed by atoms with Crippen LogP contribution in [0.2, 0.25) is 0 Å². The maximum atomic E-state index is 9.96. The molecule has 1 rings (SSSR count). The van der Waals surface area contributed by atoms with Crippen LogP contribution in [0.5, 0.6) is 0 Å². The Morgan fingerprint density at radius 1 is 1.46 bits per heavy atom. The van der Waals surface area contributed by atoms with Crippen molar-refractivity contribution in [1.82, 2.24) is 0 Å². The summed E-state index contributed by atoms with van der Waals surface area (Å²) in [5.74, 6) is 0. The second-order valence-corrected chi connectivity index (χ2v) is 3.42. The first-order valence-electron chi connectivity index (χ1n) is 4.23. The van der Waals surface area contributed by atoms with E-state index >= 15 is 0 Å². The Hall–Kier alpha value is -0.710. The van der Waals surface area contributed by atoms with E-state index in [1.165, 1.54) is 6.21 Å². The van der Waals surface area contributed by atoms with Crippen molar-refractivity contribution in [3.63, 3.8) is 0 Å². The van der Waals surface area contributed by atoms with Gasteiger partial charge in [0, 0.05) is 6.21 Å². The van der Waals surface area contributed by atoms with Crippen molar-refractivity contribution in [2.24, 2.45) is 4.99 Å². The van der Waals surface area contributed by atoms with Crippen molar-refractivity contribution in [2.45, 2.75) is 25.5 Å². The molecule has 0 aromatic rings. The second kappa shape index (κ2) is 3.57. The first-order chi connectivity index (χ1) is 6.04. The van der Waals surface area contributed by atoms with Crippen LogP contribution >= 0.6 is 0 Å². The van der Waals surface area contributed by atoms with Crippen LogP contribution in [0.3, 0.4) is 0 Å². The van der Waals surface area contributed by atoms with Crippen LogP contribution < -0.4 is 0 Å². The van der Waals surface area contributed by atoms with Crippen molar-refractivity contribution in [3.05, 3.63) is 11.1 Å². The Kier molecular flexibility index (Phi) is 2.85. The van der Waals surface area contributed by atoms with Gasteiger partial charge in [-0.1, -0.05) is 0 Å². The zero-order valence-electron chi connectivity index (χ0n) is 7.86. The smallest absolute Gasteiger partial charge is 0.108 e. The van der Waals surface area contributed by atoms with Crippen LogP contribution in [0, 0.1) is 0 Å². The molecule has 0 radical (unpaired) electrons. The molecule has 4 nitrogen and oxygen atoms in total. The zero-order chi connectivity index (χ0) is 10.1. The summed E-state index contributed by atoms with van der Waals surface area (Å²) in [5, 5.41) is 28.0. The van der Waals surface area contributed by atoms with E-state index in [1.54, 1.807) is 13.8 Å². The Labute approximate surface area is 77.2 Å². The Morgan fingerprint density at radius 2 is 2.08 bits per heavy atom. The molecule has 74 valence electrons. The molecule has 0 saturated heterocycles. The van der Waals surface area contributed by atoms with Gasteiger partial charge < -0.3 is 15.3 Å². The fourth-order valence-electron chi connectivity index (χ4n) is 1.40. The van der Waals surface area contributed by atoms with E-state index in [0.29, 0.717) is 11.1 Å². The van der Waals surface area contributed by atoms with Gasteiger partial charge >= 0.3 is 0 Å². The predicted octanol–water partition coefficient (Wildman–Crippen LogP) is -0.509. The molecule has 0 aromatic carbocycles. The molecule has 13 heavy (non-hydrogen) atoms. The van der Waals surface area contributed by atoms with E-state index in [9.17, 15) is 5.11 Å². The van der Waals surface area contributed by atoms with Gasteiger partial charge in [0.25, 0.3) is 0 Å². The minimum absolute atomic E-state index is 0.206. The quantitative estimate of drug-likeness (QED) is 0.542. The van der Waals surface area contributed by atoms with Crippen molar-refractivity contribution >= 4 is 6.21 Å². The molecule has 2 unspecified atom stereocenters. The van der Waals surface area contributed by atoms with Gasteiger partial charge in [0.2, 0.25) is 0 Å². The molecule has 0 aliphatic carbocycles. The summed E-state index contributed by atoms with van der Waals surface area (Å²) in [6.07, 6.45) is 1.51. The molecule has 3 N–H and O–H groups in total. The summed E-state index contributed by atoms with van der Waals surface area (Å²) in [6, 6.07) is -0.287. The number of hydrogen-bond donors (Lipinski definition) is 3. The van der Waals surface area contributed by atoms with E-state index in [0.717, 1.165) is 0 Å². The Balaban J connectivity index is 3.11. The van der Waals surface area contributed by atoms with Crippen molar-refractivity contribution in [3.8, 4) is 0 Å². The molecule has 1 aliphatic rings. The lowest BCUT2D eigenvalue weighted by molar-refractivity contribution is 0.0611. The molecule has 0 spiro atoms. The molecular formula is C9H15NO3. The maximum absolute atomic E-state index is 9.96. The van der Waals surface area contributed by atoms with Crippen LogP contribution in [-0.4, -0.2) is 46.4 Å². The number of aliphatic imine (C=N–C) groups is 1. The van der Waals surface area contributed by atoms with E-state index < -0.39 is 5.60 Å². The fourth-order valence-corrected chi connectivity index (χ4v) is 1.40. The van der Waals surface area contributed by atoms with Crippen LogP contribution in [0.15, 0.2) is 16.1 Å². The monoisotopic (exact) mass is 185 g/mol. The van der Waals surface area contributed by atoms with Gasteiger partial charge in [-0.05, 0) is 25.0 Å². The third kappa shape index (κ3) is 1.65. The SMILES string of the molecule is CC1N=CC(CO)=C(CO)C1(C)O. The zero-order valence-corrected chi connectivity index (χ0v) is 7.86. The fraction of sp³-hybridized carbons (Fsp3) is 0.667. The highest BCUT2D eigenvalue weighted by Gasteiger charge is 2.35. The lowest BCUT2D eigenvalue weighted by Gasteiger charge is -2.33. The topological polar surface area (TPSA) is 73.1 Å². The maximum Gasteiger partial charge on any atom is 0.108 e. The van der Waals surface area contributed by atoms with Crippen LogP contribution in [0.4, 0.5) is 0 Å². The van der Waals surface area contributed by atoms with Gasteiger partial charge in [-0.15, -0.1) is 0 Å². The minimum atomic E-state index is -1.15. The Morgan fingerprint density at radius 3 is 2.54 bits per heavy atom.